The van der Waals surface area contributed by atoms with Crippen LogP contribution >= 0.6 is 0 Å². The first-order valence-corrected chi connectivity index (χ1v) is 5.69. The summed E-state index contributed by atoms with van der Waals surface area (Å²) in [4.78, 5) is 8.41. The van der Waals surface area contributed by atoms with Gasteiger partial charge in [-0.3, -0.25) is 0 Å². The summed E-state index contributed by atoms with van der Waals surface area (Å²) in [5.41, 5.74) is 0. The minimum absolute atomic E-state index is 0.287. The summed E-state index contributed by atoms with van der Waals surface area (Å²) in [6.07, 6.45) is 0. The van der Waals surface area contributed by atoms with E-state index in [4.69, 9.17) is 9.47 Å². The Balaban J connectivity index is 2.23. The number of ether oxygens (including phenoxy) is 2. The molecule has 2 rings (SSSR count). The normalized spacial score (nSPS) is 10.3. The topological polar surface area (TPSA) is 56.3 Å². The third-order valence-corrected chi connectivity index (χ3v) is 2.31. The van der Waals surface area contributed by atoms with Gasteiger partial charge in [0.1, 0.15) is 24.0 Å². The molecule has 1 N–H and O–H groups in total. The number of halogens is 1. The fourth-order valence-electron chi connectivity index (χ4n) is 1.47. The second kappa shape index (κ2) is 6.10. The highest BCUT2D eigenvalue weighted by molar-refractivity contribution is 5.39. The van der Waals surface area contributed by atoms with Crippen molar-refractivity contribution in [1.82, 2.24) is 9.97 Å². The van der Waals surface area contributed by atoms with Gasteiger partial charge in [0, 0.05) is 20.2 Å². The molecule has 6 heteroatoms. The Hall–Kier alpha value is -2.21. The molecule has 0 amide bonds. The van der Waals surface area contributed by atoms with Gasteiger partial charge >= 0.3 is 0 Å². The summed E-state index contributed by atoms with van der Waals surface area (Å²) in [7, 11) is 3.32. The van der Waals surface area contributed by atoms with E-state index in [1.165, 1.54) is 24.3 Å². The SMILES string of the molecule is CNc1cc(Oc2ccc(F)cc2)nc(COC)n1. The summed E-state index contributed by atoms with van der Waals surface area (Å²) in [5.74, 6) is 1.69. The molecule has 0 fully saturated rings. The summed E-state index contributed by atoms with van der Waals surface area (Å²) in [6.45, 7) is 0.287. The van der Waals surface area contributed by atoms with E-state index in [0.29, 0.717) is 23.3 Å². The standard InChI is InChI=1S/C13H14FN3O2/c1-15-11-7-13(17-12(16-11)8-18-2)19-10-5-3-9(14)4-6-10/h3-7H,8H2,1-2H3,(H,15,16,17). The number of nitrogens with zero attached hydrogens (tertiary/aromatic N) is 2. The number of hydrogen-bond acceptors (Lipinski definition) is 5. The molecule has 0 aliphatic rings. The van der Waals surface area contributed by atoms with Crippen LogP contribution < -0.4 is 10.1 Å². The van der Waals surface area contributed by atoms with Gasteiger partial charge in [0.2, 0.25) is 5.88 Å². The monoisotopic (exact) mass is 263 g/mol. The Morgan fingerprint density at radius 3 is 2.58 bits per heavy atom. The molecule has 5 nitrogen and oxygen atoms in total. The zero-order chi connectivity index (χ0) is 13.7. The fourth-order valence-corrected chi connectivity index (χ4v) is 1.47. The van der Waals surface area contributed by atoms with Crippen molar-refractivity contribution >= 4 is 5.82 Å². The van der Waals surface area contributed by atoms with Crippen molar-refractivity contribution in [1.29, 1.82) is 0 Å². The first-order valence-electron chi connectivity index (χ1n) is 5.69. The third-order valence-electron chi connectivity index (χ3n) is 2.31. The lowest BCUT2D eigenvalue weighted by Gasteiger charge is -2.08. The minimum atomic E-state index is -0.314. The van der Waals surface area contributed by atoms with Crippen LogP contribution in [0.5, 0.6) is 11.6 Å². The van der Waals surface area contributed by atoms with Gasteiger partial charge in [0.25, 0.3) is 0 Å². The van der Waals surface area contributed by atoms with Gasteiger partial charge in [-0.15, -0.1) is 0 Å². The molecule has 0 bridgehead atoms. The van der Waals surface area contributed by atoms with Crippen LogP contribution in [0.3, 0.4) is 0 Å². The maximum absolute atomic E-state index is 12.8. The highest BCUT2D eigenvalue weighted by atomic mass is 19.1. The van der Waals surface area contributed by atoms with Gasteiger partial charge in [0.15, 0.2) is 5.82 Å². The number of aromatic nitrogens is 2. The number of methoxy groups -OCH3 is 1. The molecule has 1 aromatic heterocycles. The van der Waals surface area contributed by atoms with Crippen molar-refractivity contribution < 1.29 is 13.9 Å². The zero-order valence-corrected chi connectivity index (χ0v) is 10.7. The maximum Gasteiger partial charge on any atom is 0.224 e. The molecular weight excluding hydrogens is 249 g/mol. The Morgan fingerprint density at radius 1 is 1.21 bits per heavy atom. The van der Waals surface area contributed by atoms with Crippen molar-refractivity contribution in [2.24, 2.45) is 0 Å². The van der Waals surface area contributed by atoms with E-state index in [-0.39, 0.29) is 12.4 Å². The molecule has 19 heavy (non-hydrogen) atoms. The molecule has 0 saturated heterocycles. The van der Waals surface area contributed by atoms with Crippen molar-refractivity contribution in [3.05, 3.63) is 42.0 Å². The Labute approximate surface area is 110 Å². The molecule has 0 saturated carbocycles. The quantitative estimate of drug-likeness (QED) is 0.898. The smallest absolute Gasteiger partial charge is 0.224 e. The zero-order valence-electron chi connectivity index (χ0n) is 10.7. The second-order valence-corrected chi connectivity index (χ2v) is 3.75. The Morgan fingerprint density at radius 2 is 1.95 bits per heavy atom. The average molecular weight is 263 g/mol. The summed E-state index contributed by atoms with van der Waals surface area (Å²) in [6, 6.07) is 7.37. The highest BCUT2D eigenvalue weighted by Gasteiger charge is 2.06. The third kappa shape index (κ3) is 3.62. The van der Waals surface area contributed by atoms with Crippen molar-refractivity contribution in [2.75, 3.05) is 19.5 Å². The second-order valence-electron chi connectivity index (χ2n) is 3.75. The van der Waals surface area contributed by atoms with Crippen molar-refractivity contribution in [2.45, 2.75) is 6.61 Å². The van der Waals surface area contributed by atoms with E-state index in [9.17, 15) is 4.39 Å². The van der Waals surface area contributed by atoms with Crippen LogP contribution in [0.1, 0.15) is 5.82 Å². The summed E-state index contributed by atoms with van der Waals surface area (Å²) >= 11 is 0. The molecule has 0 atom stereocenters. The fraction of sp³-hybridized carbons (Fsp3) is 0.231. The van der Waals surface area contributed by atoms with E-state index in [1.807, 2.05) is 0 Å². The minimum Gasteiger partial charge on any atom is -0.439 e. The molecule has 1 heterocycles. The first kappa shape index (κ1) is 13.2. The summed E-state index contributed by atoms with van der Waals surface area (Å²) < 4.78 is 23.3. The first-order chi connectivity index (χ1) is 9.21. The lowest BCUT2D eigenvalue weighted by atomic mass is 10.3. The number of rotatable bonds is 5. The van der Waals surface area contributed by atoms with Gasteiger partial charge < -0.3 is 14.8 Å². The highest BCUT2D eigenvalue weighted by Crippen LogP contribution is 2.21. The van der Waals surface area contributed by atoms with E-state index >= 15 is 0 Å². The van der Waals surface area contributed by atoms with E-state index in [2.05, 4.69) is 15.3 Å². The van der Waals surface area contributed by atoms with Gasteiger partial charge in [-0.25, -0.2) is 9.37 Å². The van der Waals surface area contributed by atoms with Crippen LogP contribution in [0.15, 0.2) is 30.3 Å². The molecule has 0 aliphatic heterocycles. The largest absolute Gasteiger partial charge is 0.439 e. The van der Waals surface area contributed by atoms with E-state index in [0.717, 1.165) is 0 Å². The molecule has 0 spiro atoms. The Bertz CT molecular complexity index is 546. The molecule has 1 aromatic carbocycles. The predicted octanol–water partition coefficient (Wildman–Crippen LogP) is 2.60. The molecule has 0 radical (unpaired) electrons. The molecule has 0 aliphatic carbocycles. The van der Waals surface area contributed by atoms with Crippen LogP contribution in [-0.2, 0) is 11.3 Å². The lowest BCUT2D eigenvalue weighted by molar-refractivity contribution is 0.177. The van der Waals surface area contributed by atoms with Crippen LogP contribution in [0.4, 0.5) is 10.2 Å². The van der Waals surface area contributed by atoms with Gasteiger partial charge in [-0.1, -0.05) is 0 Å². The molecular formula is C13H14FN3O2. The van der Waals surface area contributed by atoms with Gasteiger partial charge in [-0.05, 0) is 24.3 Å². The molecule has 0 unspecified atom stereocenters. The number of anilines is 1. The van der Waals surface area contributed by atoms with Gasteiger partial charge in [-0.2, -0.15) is 4.98 Å². The van der Waals surface area contributed by atoms with Crippen LogP contribution in [0.25, 0.3) is 0 Å². The maximum atomic E-state index is 12.8. The Kier molecular flexibility index (Phi) is 4.25. The predicted molar refractivity (Wildman–Crippen MR) is 68.8 cm³/mol. The average Bonchev–Trinajstić information content (AvgIpc) is 2.41. The lowest BCUT2D eigenvalue weighted by Crippen LogP contribution is -2.02. The van der Waals surface area contributed by atoms with Crippen LogP contribution in [0.2, 0.25) is 0 Å². The summed E-state index contributed by atoms with van der Waals surface area (Å²) in [5, 5.41) is 2.91. The number of benzene rings is 1. The van der Waals surface area contributed by atoms with Crippen molar-refractivity contribution in [3.8, 4) is 11.6 Å². The van der Waals surface area contributed by atoms with Crippen molar-refractivity contribution in [3.63, 3.8) is 0 Å². The van der Waals surface area contributed by atoms with Crippen LogP contribution in [0, 0.1) is 5.82 Å². The van der Waals surface area contributed by atoms with Crippen LogP contribution in [-0.4, -0.2) is 24.1 Å². The van der Waals surface area contributed by atoms with Gasteiger partial charge in [0.05, 0.1) is 0 Å². The molecule has 100 valence electrons. The van der Waals surface area contributed by atoms with E-state index in [1.54, 1.807) is 20.2 Å². The van der Waals surface area contributed by atoms with E-state index < -0.39 is 0 Å². The number of nitrogens with one attached hydrogen (secondary N) is 1. The molecule has 2 aromatic rings. The number of hydrogen-bond donors (Lipinski definition) is 1.